The van der Waals surface area contributed by atoms with Crippen LogP contribution in [0, 0.1) is 11.8 Å². The molecule has 5 atom stereocenters. The molecule has 158 valence electrons. The Morgan fingerprint density at radius 1 is 1.13 bits per heavy atom. The van der Waals surface area contributed by atoms with Crippen LogP contribution in [0.3, 0.4) is 0 Å². The minimum absolute atomic E-state index is 0.120. The van der Waals surface area contributed by atoms with E-state index in [1.54, 1.807) is 0 Å². The average Bonchev–Trinajstić information content (AvgIpc) is 2.83. The van der Waals surface area contributed by atoms with Gasteiger partial charge in [-0.1, -0.05) is 42.5 Å². The number of carbonyl (C=O) groups is 1. The van der Waals surface area contributed by atoms with Crippen LogP contribution in [-0.4, -0.2) is 35.0 Å². The molecule has 5 heteroatoms. The summed E-state index contributed by atoms with van der Waals surface area (Å²) in [4.78, 5) is 20.1. The van der Waals surface area contributed by atoms with Gasteiger partial charge in [0.2, 0.25) is 0 Å². The summed E-state index contributed by atoms with van der Waals surface area (Å²) in [7, 11) is 0. The number of hydrogen-bond donors (Lipinski definition) is 2. The van der Waals surface area contributed by atoms with Crippen molar-refractivity contribution < 1.29 is 4.79 Å². The van der Waals surface area contributed by atoms with Gasteiger partial charge in [-0.25, -0.2) is 4.79 Å². The maximum atomic E-state index is 13.0. The van der Waals surface area contributed by atoms with Crippen molar-refractivity contribution in [2.75, 3.05) is 18.4 Å². The summed E-state index contributed by atoms with van der Waals surface area (Å²) in [5.74, 6) is 1.17. The highest BCUT2D eigenvalue weighted by Crippen LogP contribution is 2.42. The summed E-state index contributed by atoms with van der Waals surface area (Å²) >= 11 is 0. The molecule has 4 heterocycles. The molecule has 31 heavy (non-hydrogen) atoms. The second-order valence-corrected chi connectivity index (χ2v) is 8.61. The Morgan fingerprint density at radius 3 is 2.71 bits per heavy atom. The Labute approximate surface area is 183 Å². The van der Waals surface area contributed by atoms with E-state index in [-0.39, 0.29) is 18.1 Å². The van der Waals surface area contributed by atoms with Gasteiger partial charge in [0.15, 0.2) is 0 Å². The van der Waals surface area contributed by atoms with Gasteiger partial charge in [0.25, 0.3) is 0 Å². The maximum Gasteiger partial charge on any atom is 0.319 e. The molecule has 0 aliphatic carbocycles. The zero-order valence-corrected chi connectivity index (χ0v) is 17.6. The molecule has 0 saturated carbocycles. The molecule has 2 amide bonds. The number of aromatic nitrogens is 1. The van der Waals surface area contributed by atoms with E-state index >= 15 is 0 Å². The van der Waals surface area contributed by atoms with Crippen LogP contribution in [0.5, 0.6) is 0 Å². The van der Waals surface area contributed by atoms with Crippen molar-refractivity contribution in [3.8, 4) is 0 Å². The first-order valence-corrected chi connectivity index (χ1v) is 11.1. The summed E-state index contributed by atoms with van der Waals surface area (Å²) in [6.07, 6.45) is 6.22. The van der Waals surface area contributed by atoms with Crippen molar-refractivity contribution in [3.05, 3.63) is 85.1 Å². The van der Waals surface area contributed by atoms with Crippen molar-refractivity contribution in [1.82, 2.24) is 15.2 Å². The molecule has 6 rings (SSSR count). The monoisotopic (exact) mass is 412 g/mol. The van der Waals surface area contributed by atoms with Crippen LogP contribution in [0.4, 0.5) is 10.5 Å². The third-order valence-corrected chi connectivity index (χ3v) is 6.87. The van der Waals surface area contributed by atoms with Gasteiger partial charge in [0, 0.05) is 29.9 Å². The standard InChI is InChI=1S/C26H28N4O/c1-2-18-17-30-15-13-19(18)16-24(30)25(29-26(31)28-20-8-4-3-5-9-20)22-12-14-27-23-11-7-6-10-21(22)23/h2-12,14,18-19,24-25H,1,13,15-17H2,(H2,28,29,31)/t18-,19-,24+,25+/m0/s1. The summed E-state index contributed by atoms with van der Waals surface area (Å²) in [5.41, 5.74) is 2.87. The molecule has 3 fully saturated rings. The van der Waals surface area contributed by atoms with Gasteiger partial charge < -0.3 is 10.6 Å². The molecule has 0 radical (unpaired) electrons. The molecule has 3 aromatic rings. The lowest BCUT2D eigenvalue weighted by Gasteiger charge is -2.51. The summed E-state index contributed by atoms with van der Waals surface area (Å²) in [5, 5.41) is 7.40. The van der Waals surface area contributed by atoms with Crippen molar-refractivity contribution in [1.29, 1.82) is 0 Å². The zero-order chi connectivity index (χ0) is 21.2. The number of amides is 2. The van der Waals surface area contributed by atoms with Gasteiger partial charge in [-0.05, 0) is 61.1 Å². The molecule has 2 N–H and O–H groups in total. The van der Waals surface area contributed by atoms with Crippen LogP contribution in [0.1, 0.15) is 24.4 Å². The van der Waals surface area contributed by atoms with Crippen LogP contribution in [0.25, 0.3) is 10.9 Å². The largest absolute Gasteiger partial charge is 0.329 e. The topological polar surface area (TPSA) is 57.3 Å². The first-order valence-electron chi connectivity index (χ1n) is 11.1. The molecule has 5 nitrogen and oxygen atoms in total. The Bertz CT molecular complexity index is 1080. The molecule has 3 aliphatic heterocycles. The van der Waals surface area contributed by atoms with Crippen LogP contribution in [0.2, 0.25) is 0 Å². The zero-order valence-electron chi connectivity index (χ0n) is 17.6. The number of benzene rings is 2. The van der Waals surface area contributed by atoms with Gasteiger partial charge in [0.05, 0.1) is 11.6 Å². The van der Waals surface area contributed by atoms with E-state index in [0.29, 0.717) is 11.8 Å². The Kier molecular flexibility index (Phi) is 5.43. The van der Waals surface area contributed by atoms with E-state index < -0.39 is 0 Å². The fourth-order valence-corrected chi connectivity index (χ4v) is 5.32. The summed E-state index contributed by atoms with van der Waals surface area (Å²) in [6, 6.07) is 19.8. The molecule has 3 saturated heterocycles. The van der Waals surface area contributed by atoms with E-state index in [4.69, 9.17) is 0 Å². The molecule has 3 aliphatic rings. The lowest BCUT2D eigenvalue weighted by molar-refractivity contribution is 0.00340. The minimum Gasteiger partial charge on any atom is -0.329 e. The quantitative estimate of drug-likeness (QED) is 0.580. The summed E-state index contributed by atoms with van der Waals surface area (Å²) < 4.78 is 0. The van der Waals surface area contributed by atoms with Crippen LogP contribution < -0.4 is 10.6 Å². The second-order valence-electron chi connectivity index (χ2n) is 8.61. The normalized spacial score (nSPS) is 25.7. The number of pyridine rings is 1. The molecule has 1 unspecified atom stereocenters. The molecule has 1 aromatic heterocycles. The van der Waals surface area contributed by atoms with Gasteiger partial charge in [-0.3, -0.25) is 9.88 Å². The number of nitrogens with zero attached hydrogens (tertiary/aromatic N) is 2. The third kappa shape index (κ3) is 3.93. The lowest BCUT2D eigenvalue weighted by Crippen LogP contribution is -2.57. The molecule has 2 bridgehead atoms. The number of rotatable bonds is 5. The number of piperidine rings is 3. The van der Waals surface area contributed by atoms with Gasteiger partial charge >= 0.3 is 6.03 Å². The number of nitrogens with one attached hydrogen (secondary N) is 2. The van der Waals surface area contributed by atoms with Crippen LogP contribution in [0.15, 0.2) is 79.5 Å². The highest BCUT2D eigenvalue weighted by Gasteiger charge is 2.43. The predicted octanol–water partition coefficient (Wildman–Crippen LogP) is 4.99. The highest BCUT2D eigenvalue weighted by atomic mass is 16.2. The number of hydrogen-bond acceptors (Lipinski definition) is 3. The number of carbonyl (C=O) groups excluding carboxylic acids is 1. The highest BCUT2D eigenvalue weighted by molar-refractivity contribution is 5.90. The smallest absolute Gasteiger partial charge is 0.319 e. The fraction of sp³-hybridized carbons (Fsp3) is 0.308. The van der Waals surface area contributed by atoms with Crippen LogP contribution >= 0.6 is 0 Å². The Morgan fingerprint density at radius 2 is 1.94 bits per heavy atom. The molecule has 0 spiro atoms. The average molecular weight is 413 g/mol. The SMILES string of the molecule is C=C[C@H]1CN2CC[C@H]1C[C@@H]2[C@H](NC(=O)Nc1ccccc1)c1ccnc2ccccc12. The first-order chi connectivity index (χ1) is 15.2. The second kappa shape index (κ2) is 8.52. The number of fused-ring (bicyclic) bond motifs is 4. The van der Waals surface area contributed by atoms with Crippen molar-refractivity contribution in [2.45, 2.75) is 24.9 Å². The predicted molar refractivity (Wildman–Crippen MR) is 125 cm³/mol. The van der Waals surface area contributed by atoms with E-state index in [0.717, 1.165) is 41.7 Å². The third-order valence-electron chi connectivity index (χ3n) is 6.87. The number of urea groups is 1. The lowest BCUT2D eigenvalue weighted by atomic mass is 9.73. The Hall–Kier alpha value is -3.18. The van der Waals surface area contributed by atoms with E-state index in [2.05, 4.69) is 45.3 Å². The van der Waals surface area contributed by atoms with E-state index in [9.17, 15) is 4.79 Å². The van der Waals surface area contributed by atoms with Crippen molar-refractivity contribution >= 4 is 22.6 Å². The van der Waals surface area contributed by atoms with E-state index in [1.807, 2.05) is 54.7 Å². The van der Waals surface area contributed by atoms with Gasteiger partial charge in [0.1, 0.15) is 0 Å². The Balaban J connectivity index is 1.48. The number of para-hydroxylation sites is 2. The van der Waals surface area contributed by atoms with Gasteiger partial charge in [-0.2, -0.15) is 0 Å². The first kappa shape index (κ1) is 19.8. The van der Waals surface area contributed by atoms with Gasteiger partial charge in [-0.15, -0.1) is 6.58 Å². The molecular formula is C26H28N4O. The molecule has 2 aromatic carbocycles. The molecular weight excluding hydrogens is 384 g/mol. The summed E-state index contributed by atoms with van der Waals surface area (Å²) in [6.45, 7) is 6.14. The van der Waals surface area contributed by atoms with E-state index in [1.165, 1.54) is 6.42 Å². The van der Waals surface area contributed by atoms with Crippen LogP contribution in [-0.2, 0) is 0 Å². The van der Waals surface area contributed by atoms with Crippen molar-refractivity contribution in [3.63, 3.8) is 0 Å². The number of anilines is 1. The fourth-order valence-electron chi connectivity index (χ4n) is 5.32. The van der Waals surface area contributed by atoms with Crippen molar-refractivity contribution in [2.24, 2.45) is 11.8 Å². The minimum atomic E-state index is -0.181. The maximum absolute atomic E-state index is 13.0.